The number of rotatable bonds is 6. The summed E-state index contributed by atoms with van der Waals surface area (Å²) < 4.78 is 1.96. The van der Waals surface area contributed by atoms with Crippen molar-refractivity contribution in [3.8, 4) is 11.3 Å². The Bertz CT molecular complexity index is 1220. The number of nitro groups is 1. The van der Waals surface area contributed by atoms with Crippen molar-refractivity contribution < 1.29 is 9.72 Å². The molecule has 30 heavy (non-hydrogen) atoms. The molecule has 0 fully saturated rings. The van der Waals surface area contributed by atoms with E-state index in [0.29, 0.717) is 0 Å². The number of amides is 1. The van der Waals surface area contributed by atoms with Crippen LogP contribution in [0.5, 0.6) is 0 Å². The standard InChI is InChI=1S/C22H20N4O3S/c1-15(17-9-6-10-18(11-17)26(28)29)24(2)21(27)12-19-14-30-22-23-20(13-25(19)22)16-7-4-3-5-8-16/h3-11,13-15H,12H2,1-2H3/t15-/m0/s1. The minimum atomic E-state index is -0.427. The lowest BCUT2D eigenvalue weighted by atomic mass is 10.1. The molecule has 0 bridgehead atoms. The molecule has 0 aliphatic heterocycles. The Labute approximate surface area is 177 Å². The van der Waals surface area contributed by atoms with Gasteiger partial charge < -0.3 is 4.90 Å². The molecule has 0 saturated heterocycles. The van der Waals surface area contributed by atoms with Gasteiger partial charge in [0.1, 0.15) is 0 Å². The average Bonchev–Trinajstić information content (AvgIpc) is 3.35. The second-order valence-electron chi connectivity index (χ2n) is 7.08. The number of hydrogen-bond donors (Lipinski definition) is 0. The fourth-order valence-electron chi connectivity index (χ4n) is 3.32. The molecule has 8 heteroatoms. The van der Waals surface area contributed by atoms with Crippen LogP contribution in [0.1, 0.15) is 24.2 Å². The minimum Gasteiger partial charge on any atom is -0.339 e. The van der Waals surface area contributed by atoms with E-state index >= 15 is 0 Å². The van der Waals surface area contributed by atoms with Gasteiger partial charge in [0.05, 0.1) is 23.1 Å². The molecule has 0 saturated carbocycles. The largest absolute Gasteiger partial charge is 0.339 e. The Hall–Kier alpha value is -3.52. The zero-order valence-electron chi connectivity index (χ0n) is 16.6. The van der Waals surface area contributed by atoms with E-state index in [9.17, 15) is 14.9 Å². The fourth-order valence-corrected chi connectivity index (χ4v) is 4.19. The molecule has 0 N–H and O–H groups in total. The molecule has 2 heterocycles. The van der Waals surface area contributed by atoms with Crippen molar-refractivity contribution in [3.63, 3.8) is 0 Å². The van der Waals surface area contributed by atoms with Crippen molar-refractivity contribution in [2.45, 2.75) is 19.4 Å². The number of aromatic nitrogens is 2. The lowest BCUT2D eigenvalue weighted by Gasteiger charge is -2.25. The van der Waals surface area contributed by atoms with Crippen LogP contribution >= 0.6 is 11.3 Å². The average molecular weight is 420 g/mol. The lowest BCUT2D eigenvalue weighted by Crippen LogP contribution is -2.31. The van der Waals surface area contributed by atoms with Gasteiger partial charge in [0.15, 0.2) is 4.96 Å². The Morgan fingerprint density at radius 1 is 1.23 bits per heavy atom. The number of imidazole rings is 1. The molecule has 4 aromatic rings. The third-order valence-electron chi connectivity index (χ3n) is 5.22. The van der Waals surface area contributed by atoms with E-state index in [2.05, 4.69) is 4.98 Å². The second kappa shape index (κ2) is 8.08. The summed E-state index contributed by atoms with van der Waals surface area (Å²) in [6.45, 7) is 1.87. The molecular weight excluding hydrogens is 400 g/mol. The summed E-state index contributed by atoms with van der Waals surface area (Å²) >= 11 is 1.50. The smallest absolute Gasteiger partial charge is 0.269 e. The Balaban J connectivity index is 1.53. The third kappa shape index (κ3) is 3.81. The number of hydrogen-bond acceptors (Lipinski definition) is 5. The quantitative estimate of drug-likeness (QED) is 0.333. The number of carbonyl (C=O) groups is 1. The fraction of sp³-hybridized carbons (Fsp3) is 0.182. The summed E-state index contributed by atoms with van der Waals surface area (Å²) in [6.07, 6.45) is 2.17. The number of nitro benzene ring substituents is 1. The van der Waals surface area contributed by atoms with Crippen molar-refractivity contribution in [2.24, 2.45) is 0 Å². The molecule has 0 spiro atoms. The second-order valence-corrected chi connectivity index (χ2v) is 7.92. The monoisotopic (exact) mass is 420 g/mol. The Morgan fingerprint density at radius 2 is 2.00 bits per heavy atom. The van der Waals surface area contributed by atoms with Gasteiger partial charge in [-0.15, -0.1) is 11.3 Å². The highest BCUT2D eigenvalue weighted by Crippen LogP contribution is 2.26. The van der Waals surface area contributed by atoms with Gasteiger partial charge in [-0.2, -0.15) is 0 Å². The highest BCUT2D eigenvalue weighted by Gasteiger charge is 2.21. The first kappa shape index (κ1) is 19.8. The number of nitrogens with zero attached hydrogens (tertiary/aromatic N) is 4. The zero-order valence-corrected chi connectivity index (χ0v) is 17.4. The highest BCUT2D eigenvalue weighted by atomic mass is 32.1. The minimum absolute atomic E-state index is 0.0200. The predicted octanol–water partition coefficient (Wildman–Crippen LogP) is 4.73. The summed E-state index contributed by atoms with van der Waals surface area (Å²) in [5.74, 6) is -0.0660. The number of fused-ring (bicyclic) bond motifs is 1. The topological polar surface area (TPSA) is 80.8 Å². The van der Waals surface area contributed by atoms with E-state index in [4.69, 9.17) is 0 Å². The molecule has 2 aromatic carbocycles. The maximum Gasteiger partial charge on any atom is 0.269 e. The van der Waals surface area contributed by atoms with Gasteiger partial charge in [-0.3, -0.25) is 19.3 Å². The van der Waals surface area contributed by atoms with Crippen molar-refractivity contribution in [1.29, 1.82) is 0 Å². The molecule has 152 valence electrons. The molecule has 0 aliphatic rings. The number of likely N-dealkylation sites (N-methyl/N-ethyl adjacent to an activating group) is 1. The van der Waals surface area contributed by atoms with Gasteiger partial charge in [-0.05, 0) is 12.5 Å². The van der Waals surface area contributed by atoms with Gasteiger partial charge in [-0.1, -0.05) is 42.5 Å². The zero-order chi connectivity index (χ0) is 21.3. The first-order valence-corrected chi connectivity index (χ1v) is 10.3. The van der Waals surface area contributed by atoms with Gasteiger partial charge in [-0.25, -0.2) is 4.98 Å². The number of carbonyl (C=O) groups excluding carboxylic acids is 1. The first-order valence-electron chi connectivity index (χ1n) is 9.45. The van der Waals surface area contributed by atoms with E-state index in [0.717, 1.165) is 27.5 Å². The summed E-state index contributed by atoms with van der Waals surface area (Å²) in [6, 6.07) is 16.0. The van der Waals surface area contributed by atoms with Crippen LogP contribution in [0.4, 0.5) is 5.69 Å². The maximum absolute atomic E-state index is 12.9. The Morgan fingerprint density at radius 3 is 2.73 bits per heavy atom. The maximum atomic E-state index is 12.9. The molecule has 0 aliphatic carbocycles. The van der Waals surface area contributed by atoms with Gasteiger partial charge in [0, 0.05) is 42.0 Å². The predicted molar refractivity (Wildman–Crippen MR) is 116 cm³/mol. The van der Waals surface area contributed by atoms with E-state index in [-0.39, 0.29) is 24.1 Å². The van der Waals surface area contributed by atoms with Crippen molar-refractivity contribution in [1.82, 2.24) is 14.3 Å². The van der Waals surface area contributed by atoms with Crippen LogP contribution in [0.2, 0.25) is 0 Å². The van der Waals surface area contributed by atoms with Crippen molar-refractivity contribution in [3.05, 3.63) is 87.5 Å². The third-order valence-corrected chi connectivity index (χ3v) is 6.11. The van der Waals surface area contributed by atoms with Crippen LogP contribution in [0.3, 0.4) is 0 Å². The highest BCUT2D eigenvalue weighted by molar-refractivity contribution is 7.15. The van der Waals surface area contributed by atoms with Crippen LogP contribution in [0.15, 0.2) is 66.2 Å². The van der Waals surface area contributed by atoms with Crippen LogP contribution in [-0.2, 0) is 11.2 Å². The van der Waals surface area contributed by atoms with E-state index in [1.54, 1.807) is 24.1 Å². The molecule has 0 unspecified atom stereocenters. The SMILES string of the molecule is C[C@@H](c1cccc([N+](=O)[O-])c1)N(C)C(=O)Cc1csc2nc(-c3ccccc3)cn12. The lowest BCUT2D eigenvalue weighted by molar-refractivity contribution is -0.384. The van der Waals surface area contributed by atoms with Gasteiger partial charge in [0.25, 0.3) is 5.69 Å². The molecule has 1 amide bonds. The van der Waals surface area contributed by atoms with Crippen LogP contribution in [-0.4, -0.2) is 32.2 Å². The van der Waals surface area contributed by atoms with E-state index in [1.807, 2.05) is 53.2 Å². The number of thiazole rings is 1. The van der Waals surface area contributed by atoms with Crippen LogP contribution < -0.4 is 0 Å². The van der Waals surface area contributed by atoms with E-state index in [1.165, 1.54) is 23.5 Å². The normalized spacial score (nSPS) is 12.1. The van der Waals surface area contributed by atoms with Gasteiger partial charge in [0.2, 0.25) is 5.91 Å². The van der Waals surface area contributed by atoms with Gasteiger partial charge >= 0.3 is 0 Å². The summed E-state index contributed by atoms with van der Waals surface area (Å²) in [4.78, 5) is 30.7. The molecule has 4 rings (SSSR count). The Kier molecular flexibility index (Phi) is 5.33. The molecule has 7 nitrogen and oxygen atoms in total. The van der Waals surface area contributed by atoms with Crippen molar-refractivity contribution in [2.75, 3.05) is 7.05 Å². The van der Waals surface area contributed by atoms with Crippen LogP contribution in [0.25, 0.3) is 16.2 Å². The first-order chi connectivity index (χ1) is 14.4. The van der Waals surface area contributed by atoms with Crippen molar-refractivity contribution >= 4 is 27.9 Å². The molecule has 2 aromatic heterocycles. The van der Waals surface area contributed by atoms with Crippen LogP contribution in [0, 0.1) is 10.1 Å². The molecular formula is C22H20N4O3S. The molecule has 0 radical (unpaired) electrons. The van der Waals surface area contributed by atoms with E-state index < -0.39 is 4.92 Å². The number of benzene rings is 2. The summed E-state index contributed by atoms with van der Waals surface area (Å²) in [7, 11) is 1.72. The molecule has 1 atom stereocenters. The summed E-state index contributed by atoms with van der Waals surface area (Å²) in [5, 5.41) is 13.0. The number of non-ortho nitro benzene ring substituents is 1. The summed E-state index contributed by atoms with van der Waals surface area (Å²) in [5.41, 5.74) is 3.51.